The van der Waals surface area contributed by atoms with Gasteiger partial charge in [0, 0.05) is 17.1 Å². The van der Waals surface area contributed by atoms with Crippen LogP contribution in [0.2, 0.25) is 0 Å². The number of β-lactam (4-membered cyclic amide) rings is 1. The number of aromatic nitrogens is 1. The molecular weight excluding hydrogens is 331 g/mol. The van der Waals surface area contributed by atoms with E-state index in [1.807, 2.05) is 0 Å². The molecule has 1 aromatic heterocycles. The molecule has 1 N–H and O–H groups in total. The number of aliphatic hydroxyl groups is 1. The van der Waals surface area contributed by atoms with Gasteiger partial charge >= 0.3 is 51.4 Å². The van der Waals surface area contributed by atoms with E-state index in [1.54, 1.807) is 32.2 Å². The maximum Gasteiger partial charge on any atom is 1.00 e. The first kappa shape index (κ1) is 18.4. The number of carbonyl (C=O) groups is 2. The quantitative estimate of drug-likeness (QED) is 0.452. The van der Waals surface area contributed by atoms with Crippen LogP contribution >= 0.6 is 11.8 Å². The first-order chi connectivity index (χ1) is 9.84. The SMILES string of the molecule is CC1(C)S[C@@H]2[C@H](C(O)c3cccnc3)C(=O)N2[C@H]1C(=O)[O-].[K+]. The summed E-state index contributed by atoms with van der Waals surface area (Å²) in [6.07, 6.45) is 2.13. The van der Waals surface area contributed by atoms with E-state index in [9.17, 15) is 19.8 Å². The van der Waals surface area contributed by atoms with Crippen LogP contribution in [0, 0.1) is 5.92 Å². The molecule has 2 aliphatic heterocycles. The summed E-state index contributed by atoms with van der Waals surface area (Å²) in [6, 6.07) is 2.43. The van der Waals surface area contributed by atoms with Gasteiger partial charge < -0.3 is 19.9 Å². The fourth-order valence-electron chi connectivity index (χ4n) is 3.07. The van der Waals surface area contributed by atoms with Crippen LogP contribution in [0.4, 0.5) is 0 Å². The minimum Gasteiger partial charge on any atom is -0.548 e. The van der Waals surface area contributed by atoms with E-state index in [4.69, 9.17) is 0 Å². The van der Waals surface area contributed by atoms with Gasteiger partial charge in [0.05, 0.1) is 29.4 Å². The monoisotopic (exact) mass is 346 g/mol. The van der Waals surface area contributed by atoms with Crippen LogP contribution in [-0.2, 0) is 9.59 Å². The van der Waals surface area contributed by atoms with E-state index in [-0.39, 0.29) is 62.7 Å². The number of pyridine rings is 1. The van der Waals surface area contributed by atoms with Crippen LogP contribution in [0.25, 0.3) is 0 Å². The molecule has 2 aliphatic rings. The van der Waals surface area contributed by atoms with Crippen LogP contribution < -0.4 is 56.5 Å². The second-order valence-corrected chi connectivity index (χ2v) is 7.61. The van der Waals surface area contributed by atoms with Crippen molar-refractivity contribution in [3.8, 4) is 0 Å². The fourth-order valence-corrected chi connectivity index (χ4v) is 4.78. The van der Waals surface area contributed by atoms with Gasteiger partial charge in [-0.25, -0.2) is 0 Å². The summed E-state index contributed by atoms with van der Waals surface area (Å²) in [5.41, 5.74) is 0.561. The van der Waals surface area contributed by atoms with Crippen LogP contribution in [0.5, 0.6) is 0 Å². The molecule has 0 saturated carbocycles. The zero-order valence-electron chi connectivity index (χ0n) is 12.6. The van der Waals surface area contributed by atoms with Crippen molar-refractivity contribution >= 4 is 23.6 Å². The molecule has 8 heteroatoms. The average molecular weight is 346 g/mol. The Hall–Kier alpha value is 0.0364. The predicted octanol–water partition coefficient (Wildman–Crippen LogP) is -3.45. The molecular formula is C14H15KN2O4S. The maximum absolute atomic E-state index is 12.3. The molecule has 1 aromatic rings. The predicted molar refractivity (Wildman–Crippen MR) is 73.8 cm³/mol. The number of aliphatic carboxylic acids is 1. The number of nitrogens with zero attached hydrogens (tertiary/aromatic N) is 2. The van der Waals surface area contributed by atoms with Gasteiger partial charge in [0.15, 0.2) is 0 Å². The van der Waals surface area contributed by atoms with Gasteiger partial charge in [-0.1, -0.05) is 6.07 Å². The Kier molecular flexibility index (Phi) is 5.43. The molecule has 0 bridgehead atoms. The third kappa shape index (κ3) is 2.79. The van der Waals surface area contributed by atoms with Crippen LogP contribution in [0.15, 0.2) is 24.5 Å². The van der Waals surface area contributed by atoms with E-state index in [1.165, 1.54) is 22.9 Å². The Labute approximate surface area is 175 Å². The Bertz CT molecular complexity index is 598. The Morgan fingerprint density at radius 3 is 2.77 bits per heavy atom. The zero-order valence-corrected chi connectivity index (χ0v) is 16.5. The number of carboxylic acid groups (broad SMARTS) is 1. The van der Waals surface area contributed by atoms with Crippen LogP contribution in [-0.4, -0.2) is 43.0 Å². The Balaban J connectivity index is 0.00000176. The number of thioether (sulfide) groups is 1. The molecule has 1 unspecified atom stereocenters. The van der Waals surface area contributed by atoms with Crippen LogP contribution in [0.1, 0.15) is 25.5 Å². The number of carboxylic acids is 1. The summed E-state index contributed by atoms with van der Waals surface area (Å²) in [5.74, 6) is -2.23. The Morgan fingerprint density at radius 1 is 1.55 bits per heavy atom. The molecule has 3 heterocycles. The molecule has 0 spiro atoms. The van der Waals surface area contributed by atoms with Crippen molar-refractivity contribution in [2.75, 3.05) is 0 Å². The van der Waals surface area contributed by atoms with Crippen LogP contribution in [0.3, 0.4) is 0 Å². The van der Waals surface area contributed by atoms with E-state index < -0.39 is 28.8 Å². The molecule has 2 saturated heterocycles. The number of amides is 1. The summed E-state index contributed by atoms with van der Waals surface area (Å²) in [4.78, 5) is 28.9. The van der Waals surface area contributed by atoms with Gasteiger partial charge in [0.25, 0.3) is 0 Å². The van der Waals surface area contributed by atoms with Gasteiger partial charge in [-0.3, -0.25) is 9.78 Å². The van der Waals surface area contributed by atoms with Gasteiger partial charge in [-0.2, -0.15) is 0 Å². The fraction of sp³-hybridized carbons (Fsp3) is 0.500. The molecule has 22 heavy (non-hydrogen) atoms. The van der Waals surface area contributed by atoms with E-state index in [0.29, 0.717) is 5.56 Å². The topological polar surface area (TPSA) is 93.6 Å². The van der Waals surface area contributed by atoms with Crippen molar-refractivity contribution in [2.45, 2.75) is 36.1 Å². The molecule has 112 valence electrons. The number of hydrogen-bond donors (Lipinski definition) is 1. The minimum absolute atomic E-state index is 0. The summed E-state index contributed by atoms with van der Waals surface area (Å²) >= 11 is 1.39. The third-order valence-corrected chi connectivity index (χ3v) is 5.66. The van der Waals surface area contributed by atoms with Crippen molar-refractivity contribution in [3.05, 3.63) is 30.1 Å². The van der Waals surface area contributed by atoms with E-state index in [0.717, 1.165) is 0 Å². The molecule has 3 rings (SSSR count). The van der Waals surface area contributed by atoms with E-state index >= 15 is 0 Å². The number of aliphatic hydroxyl groups excluding tert-OH is 1. The summed E-state index contributed by atoms with van der Waals surface area (Å²) in [7, 11) is 0. The second kappa shape index (κ2) is 6.50. The molecule has 6 nitrogen and oxygen atoms in total. The van der Waals surface area contributed by atoms with Crippen molar-refractivity contribution in [2.24, 2.45) is 5.92 Å². The van der Waals surface area contributed by atoms with Crippen molar-refractivity contribution in [3.63, 3.8) is 0 Å². The van der Waals surface area contributed by atoms with Gasteiger partial charge in [-0.15, -0.1) is 11.8 Å². The standard InChI is InChI=1S/C14H16N2O4S.K/c1-14(2)10(13(19)20)16-11(18)8(12(16)21-14)9(17)7-4-3-5-15-6-7;/h3-6,8-10,12,17H,1-2H3,(H,19,20);/q;+1/p-1/t8-,9?,10+,12-;/m1./s1. The van der Waals surface area contributed by atoms with Crippen molar-refractivity contribution in [1.82, 2.24) is 9.88 Å². The third-order valence-electron chi connectivity index (χ3n) is 4.07. The zero-order chi connectivity index (χ0) is 15.4. The largest absolute Gasteiger partial charge is 1.00 e. The molecule has 4 atom stereocenters. The normalized spacial score (nSPS) is 30.0. The summed E-state index contributed by atoms with van der Waals surface area (Å²) in [6.45, 7) is 3.55. The second-order valence-electron chi connectivity index (χ2n) is 5.84. The molecule has 2 fully saturated rings. The summed E-state index contributed by atoms with van der Waals surface area (Å²) in [5, 5.41) is 21.4. The molecule has 0 aliphatic carbocycles. The smallest absolute Gasteiger partial charge is 0.548 e. The maximum atomic E-state index is 12.3. The average Bonchev–Trinajstić information content (AvgIpc) is 2.68. The van der Waals surface area contributed by atoms with Crippen molar-refractivity contribution in [1.29, 1.82) is 0 Å². The van der Waals surface area contributed by atoms with E-state index in [2.05, 4.69) is 4.98 Å². The number of rotatable bonds is 3. The minimum atomic E-state index is -1.25. The van der Waals surface area contributed by atoms with Gasteiger partial charge in [0.2, 0.25) is 5.91 Å². The number of carbonyl (C=O) groups excluding carboxylic acids is 2. The Morgan fingerprint density at radius 2 is 2.23 bits per heavy atom. The number of hydrogen-bond acceptors (Lipinski definition) is 6. The van der Waals surface area contributed by atoms with Gasteiger partial charge in [-0.05, 0) is 25.5 Å². The van der Waals surface area contributed by atoms with Gasteiger partial charge in [0.1, 0.15) is 0 Å². The summed E-state index contributed by atoms with van der Waals surface area (Å²) < 4.78 is -0.636. The number of fused-ring (bicyclic) bond motifs is 1. The molecule has 0 aromatic carbocycles. The molecule has 0 radical (unpaired) electrons. The molecule has 1 amide bonds. The first-order valence-corrected chi connectivity index (χ1v) is 7.51. The van der Waals surface area contributed by atoms with Crippen molar-refractivity contribution < 1.29 is 71.2 Å². The first-order valence-electron chi connectivity index (χ1n) is 6.63.